The molecule has 2 aromatic heterocycles. The van der Waals surface area contributed by atoms with Gasteiger partial charge >= 0.3 is 0 Å². The van der Waals surface area contributed by atoms with Gasteiger partial charge in [0.1, 0.15) is 0 Å². The van der Waals surface area contributed by atoms with Crippen LogP contribution >= 0.6 is 35.0 Å². The number of hydrogen-bond acceptors (Lipinski definition) is 4. The number of pyridine rings is 1. The molecule has 2 heterocycles. The summed E-state index contributed by atoms with van der Waals surface area (Å²) in [6.45, 7) is 5.78. The number of aromatic nitrogens is 3. The smallest absolute Gasteiger partial charge is 0.196 e. The molecule has 124 valence electrons. The molecule has 0 aliphatic heterocycles. The zero-order valence-electron chi connectivity index (χ0n) is 13.4. The molecule has 0 radical (unpaired) electrons. The zero-order chi connectivity index (χ0) is 17.4. The van der Waals surface area contributed by atoms with Crippen molar-refractivity contribution in [3.63, 3.8) is 0 Å². The van der Waals surface area contributed by atoms with Crippen molar-refractivity contribution >= 4 is 46.4 Å². The number of carbonyl (C=O) groups is 1. The molecule has 0 aliphatic carbocycles. The monoisotopic (exact) mass is 379 g/mol. The van der Waals surface area contributed by atoms with Crippen LogP contribution in [0, 0.1) is 13.8 Å². The molecule has 0 N–H and O–H groups in total. The van der Waals surface area contributed by atoms with Crippen LogP contribution in [-0.2, 0) is 0 Å². The van der Waals surface area contributed by atoms with Crippen LogP contribution in [0.25, 0.3) is 5.65 Å². The number of carbonyl (C=O) groups excluding carboxylic acids is 1. The number of thioether (sulfide) groups is 1. The molecule has 0 fully saturated rings. The maximum Gasteiger partial charge on any atom is 0.196 e. The highest BCUT2D eigenvalue weighted by molar-refractivity contribution is 8.00. The second-order valence-corrected chi connectivity index (χ2v) is 7.78. The van der Waals surface area contributed by atoms with Gasteiger partial charge in [-0.05, 0) is 38.5 Å². The number of rotatable bonds is 4. The van der Waals surface area contributed by atoms with Gasteiger partial charge in [-0.3, -0.25) is 9.20 Å². The lowest BCUT2D eigenvalue weighted by Crippen LogP contribution is -2.15. The van der Waals surface area contributed by atoms with Gasteiger partial charge in [-0.15, -0.1) is 10.2 Å². The van der Waals surface area contributed by atoms with Gasteiger partial charge in [0.2, 0.25) is 0 Å². The Morgan fingerprint density at radius 3 is 2.71 bits per heavy atom. The molecule has 3 rings (SSSR count). The van der Waals surface area contributed by atoms with Crippen molar-refractivity contribution in [1.29, 1.82) is 0 Å². The van der Waals surface area contributed by atoms with E-state index in [1.165, 1.54) is 11.8 Å². The minimum atomic E-state index is -0.310. The van der Waals surface area contributed by atoms with E-state index in [0.717, 1.165) is 16.7 Å². The Kier molecular flexibility index (Phi) is 4.85. The maximum absolute atomic E-state index is 12.8. The summed E-state index contributed by atoms with van der Waals surface area (Å²) in [6.07, 6.45) is 1.69. The van der Waals surface area contributed by atoms with Crippen LogP contribution in [0.1, 0.15) is 28.4 Å². The molecule has 1 unspecified atom stereocenters. The van der Waals surface area contributed by atoms with E-state index in [0.29, 0.717) is 20.8 Å². The second kappa shape index (κ2) is 6.75. The summed E-state index contributed by atoms with van der Waals surface area (Å²) >= 11 is 13.5. The Hall–Kier alpha value is -1.56. The predicted molar refractivity (Wildman–Crippen MR) is 98.6 cm³/mol. The molecule has 24 heavy (non-hydrogen) atoms. The Morgan fingerprint density at radius 2 is 1.96 bits per heavy atom. The highest BCUT2D eigenvalue weighted by atomic mass is 35.5. The fourth-order valence-corrected chi connectivity index (χ4v) is 3.81. The molecule has 0 aliphatic rings. The average Bonchev–Trinajstić information content (AvgIpc) is 2.92. The largest absolute Gasteiger partial charge is 0.293 e. The van der Waals surface area contributed by atoms with Crippen LogP contribution in [0.15, 0.2) is 35.6 Å². The van der Waals surface area contributed by atoms with Crippen LogP contribution in [0.3, 0.4) is 0 Å². The molecule has 3 aromatic rings. The van der Waals surface area contributed by atoms with Gasteiger partial charge in [0, 0.05) is 11.8 Å². The second-order valence-electron chi connectivity index (χ2n) is 5.63. The van der Waals surface area contributed by atoms with E-state index in [1.807, 2.05) is 39.0 Å². The molecule has 1 aromatic carbocycles. The molecule has 0 saturated carbocycles. The van der Waals surface area contributed by atoms with Gasteiger partial charge in [-0.1, -0.05) is 52.7 Å². The van der Waals surface area contributed by atoms with Crippen LogP contribution in [0.2, 0.25) is 10.0 Å². The molecular weight excluding hydrogens is 365 g/mol. The van der Waals surface area contributed by atoms with Gasteiger partial charge in [0.05, 0.1) is 15.3 Å². The minimum Gasteiger partial charge on any atom is -0.293 e. The summed E-state index contributed by atoms with van der Waals surface area (Å²) in [7, 11) is 0. The third kappa shape index (κ3) is 3.29. The summed E-state index contributed by atoms with van der Waals surface area (Å²) < 4.78 is 1.71. The van der Waals surface area contributed by atoms with E-state index in [-0.39, 0.29) is 11.0 Å². The molecule has 0 spiro atoms. The molecule has 0 bridgehead atoms. The van der Waals surface area contributed by atoms with Gasteiger partial charge in [-0.2, -0.15) is 0 Å². The first-order valence-electron chi connectivity index (χ1n) is 7.34. The number of nitrogens with zero attached hydrogens (tertiary/aromatic N) is 3. The summed E-state index contributed by atoms with van der Waals surface area (Å²) in [5.41, 5.74) is 3.29. The SMILES string of the molecule is Cc1ccc(C)c(C(=O)C(C)Sc2nnc3c(Cl)cc(Cl)cn23)c1. The van der Waals surface area contributed by atoms with Crippen molar-refractivity contribution in [2.75, 3.05) is 0 Å². The number of Topliss-reactive ketones (excluding diaryl/α,β-unsaturated/α-hetero) is 1. The fraction of sp³-hybridized carbons (Fsp3) is 0.235. The van der Waals surface area contributed by atoms with Gasteiger partial charge < -0.3 is 0 Å². The highest BCUT2D eigenvalue weighted by Crippen LogP contribution is 2.29. The van der Waals surface area contributed by atoms with Crippen molar-refractivity contribution in [3.8, 4) is 0 Å². The molecule has 7 heteroatoms. The topological polar surface area (TPSA) is 47.3 Å². The van der Waals surface area contributed by atoms with E-state index >= 15 is 0 Å². The zero-order valence-corrected chi connectivity index (χ0v) is 15.7. The van der Waals surface area contributed by atoms with E-state index < -0.39 is 0 Å². The summed E-state index contributed by atoms with van der Waals surface area (Å²) in [5, 5.41) is 9.39. The molecule has 0 amide bonds. The van der Waals surface area contributed by atoms with E-state index in [4.69, 9.17) is 23.2 Å². The summed E-state index contributed by atoms with van der Waals surface area (Å²) in [4.78, 5) is 12.8. The lowest BCUT2D eigenvalue weighted by molar-refractivity contribution is 0.0993. The normalized spacial score (nSPS) is 12.5. The minimum absolute atomic E-state index is 0.0612. The van der Waals surface area contributed by atoms with Gasteiger partial charge in [0.15, 0.2) is 16.6 Å². The fourth-order valence-electron chi connectivity index (χ4n) is 2.41. The summed E-state index contributed by atoms with van der Waals surface area (Å²) in [5.74, 6) is 0.0612. The quantitative estimate of drug-likeness (QED) is 0.471. The van der Waals surface area contributed by atoms with Crippen molar-refractivity contribution in [1.82, 2.24) is 14.6 Å². The van der Waals surface area contributed by atoms with Crippen LogP contribution in [0.4, 0.5) is 0 Å². The molecule has 4 nitrogen and oxygen atoms in total. The van der Waals surface area contributed by atoms with Crippen LogP contribution in [0.5, 0.6) is 0 Å². The first-order valence-corrected chi connectivity index (χ1v) is 8.98. The summed E-state index contributed by atoms with van der Waals surface area (Å²) in [6, 6.07) is 7.50. The van der Waals surface area contributed by atoms with E-state index in [2.05, 4.69) is 10.2 Å². The Bertz CT molecular complexity index is 939. The lowest BCUT2D eigenvalue weighted by atomic mass is 10.0. The van der Waals surface area contributed by atoms with E-state index in [1.54, 1.807) is 16.7 Å². The first-order chi connectivity index (χ1) is 11.4. The number of halogens is 2. The van der Waals surface area contributed by atoms with Crippen molar-refractivity contribution in [2.45, 2.75) is 31.2 Å². The Balaban J connectivity index is 1.91. The number of benzene rings is 1. The Morgan fingerprint density at radius 1 is 1.21 bits per heavy atom. The van der Waals surface area contributed by atoms with Gasteiger partial charge in [-0.25, -0.2) is 0 Å². The predicted octanol–water partition coefficient (Wildman–Crippen LogP) is 5.02. The van der Waals surface area contributed by atoms with Crippen molar-refractivity contribution < 1.29 is 4.79 Å². The van der Waals surface area contributed by atoms with Crippen molar-refractivity contribution in [3.05, 3.63) is 57.2 Å². The number of ketones is 1. The lowest BCUT2D eigenvalue weighted by Gasteiger charge is -2.12. The number of fused-ring (bicyclic) bond motifs is 1. The number of hydrogen-bond donors (Lipinski definition) is 0. The first kappa shape index (κ1) is 17.3. The molecule has 0 saturated heterocycles. The third-order valence-electron chi connectivity index (χ3n) is 3.71. The van der Waals surface area contributed by atoms with Gasteiger partial charge in [0.25, 0.3) is 0 Å². The van der Waals surface area contributed by atoms with Crippen molar-refractivity contribution in [2.24, 2.45) is 0 Å². The third-order valence-corrected chi connectivity index (χ3v) is 5.25. The van der Waals surface area contributed by atoms with Crippen LogP contribution < -0.4 is 0 Å². The Labute approximate surface area is 154 Å². The molecule has 1 atom stereocenters. The standard InChI is InChI=1S/C17H15Cl2N3OS/c1-9-4-5-10(2)13(6-9)15(23)11(3)24-17-21-20-16-14(19)7-12(18)8-22(16)17/h4-8,11H,1-3H3. The van der Waals surface area contributed by atoms with Crippen LogP contribution in [-0.4, -0.2) is 25.6 Å². The average molecular weight is 380 g/mol. The highest BCUT2D eigenvalue weighted by Gasteiger charge is 2.21. The number of aryl methyl sites for hydroxylation is 2. The van der Waals surface area contributed by atoms with E-state index in [9.17, 15) is 4.79 Å². The molecular formula is C17H15Cl2N3OS. The maximum atomic E-state index is 12.8.